The number of alkyl halides is 2. The number of primary sulfonamides is 1. The average Bonchev–Trinajstić information content (AvgIpc) is 2.78. The second-order valence-corrected chi connectivity index (χ2v) is 6.70. The summed E-state index contributed by atoms with van der Waals surface area (Å²) < 4.78 is 56.3. The van der Waals surface area contributed by atoms with Gasteiger partial charge in [-0.3, -0.25) is 4.98 Å². The number of benzene rings is 1. The summed E-state index contributed by atoms with van der Waals surface area (Å²) in [5.41, 5.74) is -0.825. The minimum atomic E-state index is -4.36. The Morgan fingerprint density at radius 2 is 2.12 bits per heavy atom. The summed E-state index contributed by atoms with van der Waals surface area (Å²) >= 11 is 0. The summed E-state index contributed by atoms with van der Waals surface area (Å²) in [5.74, 6) is -0.119. The van der Waals surface area contributed by atoms with Gasteiger partial charge >= 0.3 is 6.05 Å². The first-order valence-corrected chi connectivity index (χ1v) is 8.25. The second-order valence-electron chi connectivity index (χ2n) is 5.17. The van der Waals surface area contributed by atoms with Crippen LogP contribution in [0.2, 0.25) is 0 Å². The van der Waals surface area contributed by atoms with Crippen molar-refractivity contribution in [1.82, 2.24) is 4.98 Å². The van der Waals surface area contributed by atoms with E-state index in [0.29, 0.717) is 0 Å². The lowest BCUT2D eigenvalue weighted by atomic mass is 10.1. The van der Waals surface area contributed by atoms with Crippen LogP contribution in [-0.4, -0.2) is 24.6 Å². The topological polar surface area (TPSA) is 138 Å². The summed E-state index contributed by atoms with van der Waals surface area (Å²) in [4.78, 5) is 3.12. The largest absolute Gasteiger partial charge is 0.454 e. The zero-order valence-electron chi connectivity index (χ0n) is 12.3. The van der Waals surface area contributed by atoms with E-state index < -0.39 is 38.3 Å². The molecule has 3 rings (SSSR count). The lowest BCUT2D eigenvalue weighted by Crippen LogP contribution is -2.28. The number of fused-ring (bicyclic) bond motifs is 1. The number of hydrogen-bond donors (Lipinski definition) is 3. The highest BCUT2D eigenvalue weighted by atomic mass is 32.2. The van der Waals surface area contributed by atoms with Crippen molar-refractivity contribution in [3.05, 3.63) is 41.7 Å². The molecule has 1 atom stereocenters. The number of nitrogens with zero attached hydrogens (tertiary/aromatic N) is 2. The van der Waals surface area contributed by atoms with Gasteiger partial charge in [0.05, 0.1) is 22.3 Å². The summed E-state index contributed by atoms with van der Waals surface area (Å²) in [6, 6.07) is 1.41. The number of pyridine rings is 1. The number of hydrogen-bond acceptors (Lipinski definition) is 7. The van der Waals surface area contributed by atoms with Gasteiger partial charge in [-0.05, 0) is 12.1 Å². The lowest BCUT2D eigenvalue weighted by Gasteiger charge is -2.14. The Bertz CT molecular complexity index is 1000. The Balaban J connectivity index is 2.13. The summed E-state index contributed by atoms with van der Waals surface area (Å²) in [6.07, 6.45) is 0.0879. The zero-order valence-corrected chi connectivity index (χ0v) is 13.1. The first-order valence-electron chi connectivity index (χ1n) is 6.70. The third-order valence-electron chi connectivity index (χ3n) is 3.45. The predicted octanol–water partition coefficient (Wildman–Crippen LogP) is 1.44. The van der Waals surface area contributed by atoms with Crippen molar-refractivity contribution >= 4 is 15.7 Å². The van der Waals surface area contributed by atoms with E-state index in [1.165, 1.54) is 18.5 Å². The van der Waals surface area contributed by atoms with Crippen LogP contribution in [0.5, 0.6) is 11.5 Å². The molecule has 130 valence electrons. The van der Waals surface area contributed by atoms with Crippen LogP contribution in [0.4, 0.5) is 14.5 Å². The highest BCUT2D eigenvalue weighted by Gasteiger charge is 2.50. The fourth-order valence-corrected chi connectivity index (χ4v) is 3.17. The fourth-order valence-electron chi connectivity index (χ4n) is 2.39. The van der Waals surface area contributed by atoms with E-state index in [9.17, 15) is 22.3 Å². The zero-order chi connectivity index (χ0) is 18.4. The van der Waals surface area contributed by atoms with Gasteiger partial charge in [0.15, 0.2) is 11.9 Å². The third-order valence-corrected chi connectivity index (χ3v) is 4.42. The minimum Gasteiger partial charge on any atom is -0.454 e. The van der Waals surface area contributed by atoms with Gasteiger partial charge in [0, 0.05) is 17.8 Å². The summed E-state index contributed by atoms with van der Waals surface area (Å²) in [5, 5.41) is 25.4. The predicted molar refractivity (Wildman–Crippen MR) is 80.4 cm³/mol. The highest BCUT2D eigenvalue weighted by Crippen LogP contribution is 2.50. The number of nitrogens with two attached hydrogens (primary N) is 1. The molecule has 0 radical (unpaired) electrons. The normalized spacial score (nSPS) is 18.1. The third kappa shape index (κ3) is 2.98. The fraction of sp³-hybridized carbons (Fsp3) is 0.143. The molecule has 11 heteroatoms. The molecule has 0 bridgehead atoms. The molecule has 1 aliphatic rings. The van der Waals surface area contributed by atoms with Crippen LogP contribution in [0.3, 0.4) is 0 Å². The molecule has 0 saturated heterocycles. The number of aliphatic hydroxyl groups excluding tert-OH is 1. The van der Waals surface area contributed by atoms with Gasteiger partial charge in [-0.25, -0.2) is 13.6 Å². The lowest BCUT2D eigenvalue weighted by molar-refractivity contribution is -0.0790. The van der Waals surface area contributed by atoms with E-state index in [-0.39, 0.29) is 17.1 Å². The maximum Gasteiger partial charge on any atom is 0.353 e. The Morgan fingerprint density at radius 3 is 2.76 bits per heavy atom. The summed E-state index contributed by atoms with van der Waals surface area (Å²) in [7, 11) is -4.36. The van der Waals surface area contributed by atoms with Crippen LogP contribution in [0.15, 0.2) is 35.5 Å². The molecule has 1 aromatic carbocycles. The number of rotatable bonds is 3. The molecule has 1 aliphatic heterocycles. The number of ether oxygens (including phenoxy) is 1. The smallest absolute Gasteiger partial charge is 0.353 e. The molecule has 0 amide bonds. The van der Waals surface area contributed by atoms with Crippen LogP contribution < -0.4 is 15.2 Å². The molecular formula is C14H10F2N4O4S. The van der Waals surface area contributed by atoms with Crippen molar-refractivity contribution < 1.29 is 27.0 Å². The van der Waals surface area contributed by atoms with Crippen molar-refractivity contribution in [2.24, 2.45) is 5.14 Å². The molecule has 1 aromatic heterocycles. The molecule has 0 saturated carbocycles. The molecule has 0 spiro atoms. The number of nitrogens with one attached hydrogen (secondary N) is 1. The molecule has 2 aromatic rings. The average molecular weight is 368 g/mol. The van der Waals surface area contributed by atoms with Crippen molar-refractivity contribution in [3.8, 4) is 17.6 Å². The summed E-state index contributed by atoms with van der Waals surface area (Å²) in [6.45, 7) is 0. The van der Waals surface area contributed by atoms with E-state index in [4.69, 9.17) is 15.1 Å². The number of sulfonamides is 1. The van der Waals surface area contributed by atoms with Gasteiger partial charge in [0.25, 0.3) is 0 Å². The van der Waals surface area contributed by atoms with Crippen molar-refractivity contribution in [2.45, 2.75) is 17.0 Å². The number of aromatic nitrogens is 1. The van der Waals surface area contributed by atoms with Gasteiger partial charge in [0.2, 0.25) is 10.0 Å². The number of anilines is 1. The quantitative estimate of drug-likeness (QED) is 0.697. The molecule has 2 heterocycles. The number of aliphatic hydroxyl groups is 1. The molecule has 25 heavy (non-hydrogen) atoms. The minimum absolute atomic E-state index is 0.0658. The first kappa shape index (κ1) is 17.0. The number of nitriles is 1. The van der Waals surface area contributed by atoms with E-state index >= 15 is 0 Å². The highest BCUT2D eigenvalue weighted by molar-refractivity contribution is 7.89. The van der Waals surface area contributed by atoms with Gasteiger partial charge < -0.3 is 15.2 Å². The van der Waals surface area contributed by atoms with E-state index in [1.807, 2.05) is 6.07 Å². The van der Waals surface area contributed by atoms with Crippen LogP contribution in [0.25, 0.3) is 0 Å². The van der Waals surface area contributed by atoms with Gasteiger partial charge in [-0.2, -0.15) is 14.0 Å². The number of halogens is 2. The first-order chi connectivity index (χ1) is 11.6. The Kier molecular flexibility index (Phi) is 3.83. The maximum atomic E-state index is 13.8. The molecule has 0 unspecified atom stereocenters. The van der Waals surface area contributed by atoms with Crippen LogP contribution in [0.1, 0.15) is 17.2 Å². The van der Waals surface area contributed by atoms with Gasteiger partial charge in [-0.15, -0.1) is 0 Å². The Labute approximate surface area is 140 Å². The van der Waals surface area contributed by atoms with Crippen LogP contribution in [0, 0.1) is 11.3 Å². The molecule has 0 aliphatic carbocycles. The van der Waals surface area contributed by atoms with E-state index in [2.05, 4.69) is 4.98 Å². The molecule has 4 N–H and O–H groups in total. The van der Waals surface area contributed by atoms with Gasteiger partial charge in [-0.1, -0.05) is 0 Å². The van der Waals surface area contributed by atoms with Gasteiger partial charge in [0.1, 0.15) is 11.8 Å². The molecule has 0 fully saturated rings. The standard InChI is InChI=1S/C14H10F2N4O4S/c15-14(16)13(21)11-10(25(18,22)23)2-1-9(12(11)20-14)24-8-3-7(4-17)5-19-6-8/h1-3,5-6,13,20-21H,(H2,18,22,23)/t13-/m0/s1. The maximum absolute atomic E-state index is 13.8. The van der Waals surface area contributed by atoms with Crippen molar-refractivity contribution in [2.75, 3.05) is 5.32 Å². The van der Waals surface area contributed by atoms with Crippen LogP contribution >= 0.6 is 0 Å². The van der Waals surface area contributed by atoms with E-state index in [1.54, 1.807) is 5.32 Å². The molecular weight excluding hydrogens is 358 g/mol. The Morgan fingerprint density at radius 1 is 1.40 bits per heavy atom. The monoisotopic (exact) mass is 368 g/mol. The van der Waals surface area contributed by atoms with E-state index in [0.717, 1.165) is 12.1 Å². The second kappa shape index (κ2) is 5.62. The molecule has 8 nitrogen and oxygen atoms in total. The SMILES string of the molecule is N#Cc1cncc(Oc2ccc(S(N)(=O)=O)c3c2NC(F)(F)[C@H]3O)c1. The van der Waals surface area contributed by atoms with Crippen molar-refractivity contribution in [1.29, 1.82) is 5.26 Å². The van der Waals surface area contributed by atoms with Crippen LogP contribution in [-0.2, 0) is 10.0 Å². The van der Waals surface area contributed by atoms with Crippen molar-refractivity contribution in [3.63, 3.8) is 0 Å². The Hall–Kier alpha value is -2.81.